The smallest absolute Gasteiger partial charge is 0.293 e. The van der Waals surface area contributed by atoms with Crippen molar-refractivity contribution >= 4 is 30.2 Å². The number of likely N-dealkylation sites (N-methyl/N-ethyl adjacent to an activating group) is 1. The molecule has 2 aliphatic heterocycles. The summed E-state index contributed by atoms with van der Waals surface area (Å²) >= 11 is 0. The molecule has 0 bridgehead atoms. The summed E-state index contributed by atoms with van der Waals surface area (Å²) < 4.78 is 9.97. The molecule has 0 unspecified atom stereocenters. The maximum atomic E-state index is 9.89. The van der Waals surface area contributed by atoms with Crippen molar-refractivity contribution < 1.29 is 14.3 Å². The third-order valence-corrected chi connectivity index (χ3v) is 5.22. The number of anilines is 1. The molecule has 0 saturated carbocycles. The minimum absolute atomic E-state index is 0.190. The maximum absolute atomic E-state index is 9.89. The van der Waals surface area contributed by atoms with E-state index in [4.69, 9.17) is 21.6 Å². The molecule has 3 heterocycles. The maximum Gasteiger partial charge on any atom is 0.293 e. The van der Waals surface area contributed by atoms with Crippen molar-refractivity contribution in [3.8, 4) is 6.07 Å². The normalized spacial score (nSPS) is 18.3. The van der Waals surface area contributed by atoms with E-state index in [2.05, 4.69) is 30.6 Å². The van der Waals surface area contributed by atoms with Gasteiger partial charge in [0, 0.05) is 38.0 Å². The van der Waals surface area contributed by atoms with E-state index in [-0.39, 0.29) is 11.4 Å². The number of carbonyl (C=O) groups is 1. The van der Waals surface area contributed by atoms with Crippen molar-refractivity contribution in [2.24, 2.45) is 16.5 Å². The summed E-state index contributed by atoms with van der Waals surface area (Å²) in [6.45, 7) is 9.76. The fraction of sp³-hybridized carbons (Fsp3) is 0.522. The van der Waals surface area contributed by atoms with Gasteiger partial charge in [-0.3, -0.25) is 4.79 Å². The van der Waals surface area contributed by atoms with Crippen LogP contribution >= 0.6 is 0 Å². The Morgan fingerprint density at radius 3 is 2.47 bits per heavy atom. The lowest BCUT2D eigenvalue weighted by Crippen LogP contribution is -2.57. The summed E-state index contributed by atoms with van der Waals surface area (Å²) in [5.74, 6) is 1.23. The van der Waals surface area contributed by atoms with E-state index in [1.165, 1.54) is 18.5 Å². The Morgan fingerprint density at radius 1 is 1.38 bits per heavy atom. The SMILES string of the molecule is CC(C)(C)OC=O.CN1CC(C#N)(c2cc(N3CCOCC3)nc(/N=C(N)\C=C/N)c2C=N)C1. The molecule has 1 aromatic heterocycles. The summed E-state index contributed by atoms with van der Waals surface area (Å²) in [6, 6.07) is 4.36. The molecule has 0 radical (unpaired) electrons. The quantitative estimate of drug-likeness (QED) is 0.312. The highest BCUT2D eigenvalue weighted by atomic mass is 16.5. The molecule has 0 amide bonds. The van der Waals surface area contributed by atoms with Crippen LogP contribution in [0.25, 0.3) is 0 Å². The van der Waals surface area contributed by atoms with E-state index in [0.29, 0.717) is 63.1 Å². The van der Waals surface area contributed by atoms with Crippen LogP contribution in [0.3, 0.4) is 0 Å². The minimum Gasteiger partial charge on any atom is -0.462 e. The number of nitrogens with one attached hydrogen (secondary N) is 1. The first kappa shape index (κ1) is 26.8. The van der Waals surface area contributed by atoms with Gasteiger partial charge in [0.1, 0.15) is 22.7 Å². The summed E-state index contributed by atoms with van der Waals surface area (Å²) in [6.07, 6.45) is 3.96. The predicted octanol–water partition coefficient (Wildman–Crippen LogP) is 1.04. The van der Waals surface area contributed by atoms with Crippen LogP contribution in [0.1, 0.15) is 31.9 Å². The zero-order chi connectivity index (χ0) is 25.4. The summed E-state index contributed by atoms with van der Waals surface area (Å²) in [5.41, 5.74) is 11.5. The lowest BCUT2D eigenvalue weighted by atomic mass is 9.73. The highest BCUT2D eigenvalue weighted by Gasteiger charge is 2.45. The van der Waals surface area contributed by atoms with Crippen molar-refractivity contribution in [2.45, 2.75) is 31.8 Å². The number of pyridine rings is 1. The Bertz CT molecular complexity index is 966. The Kier molecular flexibility index (Phi) is 9.11. The molecular weight excluding hydrogens is 436 g/mol. The van der Waals surface area contributed by atoms with Gasteiger partial charge in [0.25, 0.3) is 6.47 Å². The molecule has 2 saturated heterocycles. The largest absolute Gasteiger partial charge is 0.462 e. The number of hydrogen-bond donors (Lipinski definition) is 3. The number of nitrogens with zero attached hydrogens (tertiary/aromatic N) is 5. The number of nitriles is 1. The first-order valence-corrected chi connectivity index (χ1v) is 10.9. The molecule has 3 rings (SSSR count). The van der Waals surface area contributed by atoms with Crippen LogP contribution in [0.4, 0.5) is 11.6 Å². The van der Waals surface area contributed by atoms with Gasteiger partial charge in [0.05, 0.1) is 19.3 Å². The molecule has 5 N–H and O–H groups in total. The Labute approximate surface area is 200 Å². The standard InChI is InChI=1S/C18H24N8O.C5H10O2/c1-25-11-18(10-21,12-25)14-8-16(26-4-6-27-7-5-26)24-17(13(14)9-20)23-15(22)2-3-19;1-5(2,3)7-4-6/h2-3,8-9,20H,4-7,11-12,19H2,1H3,(H2,22,23,24);4H,1-3H3/b3-2-,20-9?;. The minimum atomic E-state index is -0.686. The number of nitrogens with two attached hydrogens (primary N) is 2. The molecular formula is C23H34N8O3. The zero-order valence-corrected chi connectivity index (χ0v) is 20.2. The second-order valence-electron chi connectivity index (χ2n) is 9.10. The summed E-state index contributed by atoms with van der Waals surface area (Å²) in [5, 5.41) is 17.8. The van der Waals surface area contributed by atoms with E-state index in [1.807, 2.05) is 33.9 Å². The second kappa shape index (κ2) is 11.6. The third-order valence-electron chi connectivity index (χ3n) is 5.22. The molecule has 11 nitrogen and oxygen atoms in total. The molecule has 34 heavy (non-hydrogen) atoms. The van der Waals surface area contributed by atoms with Gasteiger partial charge in [0.15, 0.2) is 5.82 Å². The molecule has 11 heteroatoms. The Hall–Kier alpha value is -3.49. The van der Waals surface area contributed by atoms with Gasteiger partial charge in [-0.25, -0.2) is 9.98 Å². The van der Waals surface area contributed by atoms with E-state index >= 15 is 0 Å². The molecule has 1 aromatic rings. The lowest BCUT2D eigenvalue weighted by Gasteiger charge is -2.44. The van der Waals surface area contributed by atoms with Crippen LogP contribution in [0.5, 0.6) is 0 Å². The zero-order valence-electron chi connectivity index (χ0n) is 20.2. The van der Waals surface area contributed by atoms with E-state index in [1.54, 1.807) is 0 Å². The monoisotopic (exact) mass is 470 g/mol. The topological polar surface area (TPSA) is 167 Å². The third kappa shape index (κ3) is 6.76. The van der Waals surface area contributed by atoms with Gasteiger partial charge in [-0.05, 0) is 51.7 Å². The average Bonchev–Trinajstić information content (AvgIpc) is 2.76. The summed E-state index contributed by atoms with van der Waals surface area (Å²) in [4.78, 5) is 22.7. The first-order chi connectivity index (χ1) is 16.1. The highest BCUT2D eigenvalue weighted by molar-refractivity contribution is 5.96. The van der Waals surface area contributed by atoms with Gasteiger partial charge in [0.2, 0.25) is 0 Å². The number of aliphatic imine (C=N–C) groups is 1. The first-order valence-electron chi connectivity index (χ1n) is 10.9. The summed E-state index contributed by atoms with van der Waals surface area (Å²) in [7, 11) is 1.97. The fourth-order valence-corrected chi connectivity index (χ4v) is 3.69. The van der Waals surface area contributed by atoms with Crippen LogP contribution in [0, 0.1) is 16.7 Å². The molecule has 2 aliphatic rings. The Balaban J connectivity index is 0.000000509. The van der Waals surface area contributed by atoms with Gasteiger partial charge in [-0.1, -0.05) is 0 Å². The number of amidine groups is 1. The number of ether oxygens (including phenoxy) is 2. The van der Waals surface area contributed by atoms with Crippen LogP contribution < -0.4 is 16.4 Å². The second-order valence-corrected chi connectivity index (χ2v) is 9.10. The van der Waals surface area contributed by atoms with Gasteiger partial charge in [-0.15, -0.1) is 0 Å². The van der Waals surface area contributed by atoms with E-state index in [9.17, 15) is 10.1 Å². The van der Waals surface area contributed by atoms with Gasteiger partial charge in [-0.2, -0.15) is 5.26 Å². The molecule has 0 aliphatic carbocycles. The fourth-order valence-electron chi connectivity index (χ4n) is 3.69. The van der Waals surface area contributed by atoms with Gasteiger partial charge >= 0.3 is 0 Å². The number of hydrogen-bond acceptors (Lipinski definition) is 10. The van der Waals surface area contributed by atoms with Crippen molar-refractivity contribution in [3.05, 3.63) is 29.5 Å². The van der Waals surface area contributed by atoms with Crippen LogP contribution in [0.2, 0.25) is 0 Å². The van der Waals surface area contributed by atoms with Crippen LogP contribution in [-0.4, -0.2) is 80.4 Å². The lowest BCUT2D eigenvalue weighted by molar-refractivity contribution is -0.138. The number of carbonyl (C=O) groups excluding carboxylic acids is 1. The molecule has 184 valence electrons. The van der Waals surface area contributed by atoms with Crippen LogP contribution in [0.15, 0.2) is 23.3 Å². The molecule has 0 atom stereocenters. The predicted molar refractivity (Wildman–Crippen MR) is 131 cm³/mol. The molecule has 0 aromatic carbocycles. The van der Waals surface area contributed by atoms with Crippen molar-refractivity contribution in [2.75, 3.05) is 51.3 Å². The Morgan fingerprint density at radius 2 is 2.03 bits per heavy atom. The number of likely N-dealkylation sites (tertiary alicyclic amines) is 1. The number of rotatable bonds is 6. The van der Waals surface area contributed by atoms with E-state index in [0.717, 1.165) is 5.56 Å². The van der Waals surface area contributed by atoms with Crippen LogP contribution in [-0.2, 0) is 19.7 Å². The van der Waals surface area contributed by atoms with Crippen molar-refractivity contribution in [1.29, 1.82) is 10.7 Å². The van der Waals surface area contributed by atoms with Crippen molar-refractivity contribution in [1.82, 2.24) is 9.88 Å². The molecule has 2 fully saturated rings. The number of morpholine rings is 1. The van der Waals surface area contributed by atoms with E-state index < -0.39 is 5.41 Å². The highest BCUT2D eigenvalue weighted by Crippen LogP contribution is 2.39. The number of aromatic nitrogens is 1. The van der Waals surface area contributed by atoms with Crippen molar-refractivity contribution in [3.63, 3.8) is 0 Å². The average molecular weight is 471 g/mol. The van der Waals surface area contributed by atoms with Gasteiger partial charge < -0.3 is 36.2 Å². The molecule has 0 spiro atoms.